The Hall–Kier alpha value is -2.46. The molecule has 0 aromatic rings. The maximum Gasteiger partial charge on any atom is 0.244 e. The largest absolute Gasteiger partial charge is 0.387 e. The van der Waals surface area contributed by atoms with Crippen molar-refractivity contribution >= 4 is 17.6 Å². The van der Waals surface area contributed by atoms with Gasteiger partial charge in [-0.25, -0.2) is 0 Å². The zero-order valence-electron chi connectivity index (χ0n) is 26.5. The third-order valence-electron chi connectivity index (χ3n) is 13.8. The molecule has 0 aliphatic heterocycles. The Bertz CT molecular complexity index is 1350. The lowest BCUT2D eigenvalue weighted by Gasteiger charge is -2.69. The number of fused-ring (bicyclic) bond motifs is 7. The fourth-order valence-corrected chi connectivity index (χ4v) is 10.9. The minimum Gasteiger partial charge on any atom is -0.387 e. The van der Waals surface area contributed by atoms with Gasteiger partial charge in [-0.05, 0) is 97.4 Å². The Morgan fingerprint density at radius 2 is 1.62 bits per heavy atom. The van der Waals surface area contributed by atoms with E-state index in [2.05, 4.69) is 65.4 Å². The molecule has 7 heteroatoms. The molecule has 3 unspecified atom stereocenters. The van der Waals surface area contributed by atoms with Crippen LogP contribution in [0, 0.1) is 67.5 Å². The summed E-state index contributed by atoms with van der Waals surface area (Å²) in [4.78, 5) is 41.1. The molecule has 4 fully saturated rings. The van der Waals surface area contributed by atoms with E-state index in [0.717, 1.165) is 50.5 Å². The number of hydrogen-bond acceptors (Lipinski definition) is 5. The molecule has 42 heavy (non-hydrogen) atoms. The number of hydrazine groups is 1. The first kappa shape index (κ1) is 29.6. The highest BCUT2D eigenvalue weighted by molar-refractivity contribution is 5.97. The van der Waals surface area contributed by atoms with Crippen molar-refractivity contribution in [1.82, 2.24) is 10.9 Å². The highest BCUT2D eigenvalue weighted by Gasteiger charge is 2.70. The van der Waals surface area contributed by atoms with Gasteiger partial charge in [-0.15, -0.1) is 0 Å². The van der Waals surface area contributed by atoms with E-state index >= 15 is 0 Å². The molecule has 0 aromatic carbocycles. The molecule has 4 saturated carbocycles. The minimum atomic E-state index is -0.827. The molecule has 0 spiro atoms. The summed E-state index contributed by atoms with van der Waals surface area (Å²) < 4.78 is 0. The third-order valence-corrected chi connectivity index (χ3v) is 13.8. The van der Waals surface area contributed by atoms with Gasteiger partial charge >= 0.3 is 0 Å². The van der Waals surface area contributed by atoms with E-state index in [1.807, 2.05) is 12.2 Å². The van der Waals surface area contributed by atoms with E-state index in [1.54, 1.807) is 0 Å². The van der Waals surface area contributed by atoms with Crippen molar-refractivity contribution in [2.45, 2.75) is 112 Å². The van der Waals surface area contributed by atoms with E-state index in [4.69, 9.17) is 0 Å². The van der Waals surface area contributed by atoms with Crippen LogP contribution in [-0.4, -0.2) is 28.8 Å². The van der Waals surface area contributed by atoms with Crippen LogP contribution in [0.2, 0.25) is 0 Å². The second kappa shape index (κ2) is 9.03. The molecule has 6 rings (SSSR count). The average Bonchev–Trinajstić information content (AvgIpc) is 3.76. The number of nitriles is 1. The van der Waals surface area contributed by atoms with Gasteiger partial charge in [0.1, 0.15) is 0 Å². The van der Waals surface area contributed by atoms with Gasteiger partial charge in [-0.3, -0.25) is 25.2 Å². The quantitative estimate of drug-likeness (QED) is 0.373. The van der Waals surface area contributed by atoms with Gasteiger partial charge in [-0.2, -0.15) is 5.26 Å². The van der Waals surface area contributed by atoms with Gasteiger partial charge in [0.25, 0.3) is 0 Å². The Morgan fingerprint density at radius 1 is 0.952 bits per heavy atom. The maximum atomic E-state index is 14.6. The van der Waals surface area contributed by atoms with E-state index in [1.165, 1.54) is 0 Å². The van der Waals surface area contributed by atoms with Gasteiger partial charge < -0.3 is 5.11 Å². The topological polar surface area (TPSA) is 119 Å². The molecule has 0 aromatic heterocycles. The highest BCUT2D eigenvalue weighted by atomic mass is 16.3. The van der Waals surface area contributed by atoms with E-state index < -0.39 is 22.3 Å². The Kier molecular flexibility index (Phi) is 6.37. The van der Waals surface area contributed by atoms with Gasteiger partial charge in [0.05, 0.1) is 23.2 Å². The molecule has 7 nitrogen and oxygen atoms in total. The molecule has 2 amide bonds. The molecule has 0 radical (unpaired) electrons. The number of aliphatic hydroxyl groups is 1. The SMILES string of the molecule is CC1(C)CC[C@]2(C(=O)NNC(=O)C3CC3)CC[C@]3(C)C(C(=O)C=C4[C@@]5(C)C=C(C#N)C(O)C(C)(C)[C@@H]5CC[C@]43C)C2C1. The molecule has 0 bridgehead atoms. The number of carbonyl (C=O) groups excluding carboxylic acids is 3. The Balaban J connectivity index is 1.44. The highest BCUT2D eigenvalue weighted by Crippen LogP contribution is 2.74. The zero-order chi connectivity index (χ0) is 30.7. The smallest absolute Gasteiger partial charge is 0.244 e. The monoisotopic (exact) mass is 575 g/mol. The van der Waals surface area contributed by atoms with Crippen LogP contribution in [0.15, 0.2) is 23.3 Å². The summed E-state index contributed by atoms with van der Waals surface area (Å²) in [5.74, 6) is -0.471. The molecule has 3 N–H and O–H groups in total. The summed E-state index contributed by atoms with van der Waals surface area (Å²) in [5, 5.41) is 21.1. The molecule has 6 aliphatic carbocycles. The molecule has 8 atom stereocenters. The predicted octanol–water partition coefficient (Wildman–Crippen LogP) is 5.56. The van der Waals surface area contributed by atoms with Crippen molar-refractivity contribution < 1.29 is 19.5 Å². The van der Waals surface area contributed by atoms with Crippen LogP contribution in [0.3, 0.4) is 0 Å². The van der Waals surface area contributed by atoms with Crippen LogP contribution in [0.4, 0.5) is 0 Å². The maximum absolute atomic E-state index is 14.6. The predicted molar refractivity (Wildman–Crippen MR) is 159 cm³/mol. The zero-order valence-corrected chi connectivity index (χ0v) is 26.5. The second-order valence-electron chi connectivity index (χ2n) is 16.8. The molecule has 0 saturated heterocycles. The first-order chi connectivity index (χ1) is 19.5. The number of amides is 2. The van der Waals surface area contributed by atoms with E-state index in [9.17, 15) is 24.8 Å². The van der Waals surface area contributed by atoms with Crippen molar-refractivity contribution in [2.24, 2.45) is 56.2 Å². The van der Waals surface area contributed by atoms with Crippen LogP contribution in [0.1, 0.15) is 106 Å². The number of carbonyl (C=O) groups is 3. The first-order valence-corrected chi connectivity index (χ1v) is 16.1. The van der Waals surface area contributed by atoms with Gasteiger partial charge in [0, 0.05) is 17.3 Å². The fourth-order valence-electron chi connectivity index (χ4n) is 10.9. The van der Waals surface area contributed by atoms with Crippen molar-refractivity contribution in [3.63, 3.8) is 0 Å². The fraction of sp³-hybridized carbons (Fsp3) is 0.771. The summed E-state index contributed by atoms with van der Waals surface area (Å²) in [6.07, 6.45) is 10.4. The number of nitrogens with zero attached hydrogens (tertiary/aromatic N) is 1. The summed E-state index contributed by atoms with van der Waals surface area (Å²) in [7, 11) is 0. The lowest BCUT2D eigenvalue weighted by molar-refractivity contribution is -0.180. The number of nitrogens with one attached hydrogen (secondary N) is 2. The number of aliphatic hydroxyl groups excluding tert-OH is 1. The van der Waals surface area contributed by atoms with Gasteiger partial charge in [0.15, 0.2) is 5.78 Å². The number of allylic oxidation sites excluding steroid dienone is 3. The number of rotatable bonds is 2. The van der Waals surface area contributed by atoms with E-state index in [0.29, 0.717) is 18.4 Å². The Labute approximate surface area is 250 Å². The standard InChI is InChI=1S/C35H49N3O4/c1-30(2)12-14-35(29(42)38-37-28(41)20-8-9-20)15-13-34(7)26(22(35)18-30)23(39)16-25-32(5)17-21(19-36)27(40)31(3,4)24(32)10-11-33(25,34)6/h16-17,20,22,24,26-27,40H,8-15,18H2,1-7H3,(H,37,41)(H,38,42)/t22?,24-,26?,27?,32-,33+,34+,35-/m0/s1. The average molecular weight is 576 g/mol. The molecular weight excluding hydrogens is 526 g/mol. The molecule has 6 aliphatic rings. The van der Waals surface area contributed by atoms with E-state index in [-0.39, 0.29) is 57.5 Å². The lowest BCUT2D eigenvalue weighted by atomic mass is 9.34. The van der Waals surface area contributed by atoms with Crippen LogP contribution < -0.4 is 10.9 Å². The summed E-state index contributed by atoms with van der Waals surface area (Å²) >= 11 is 0. The Morgan fingerprint density at radius 3 is 2.26 bits per heavy atom. The number of ketones is 1. The normalized spacial score (nSPS) is 45.0. The summed E-state index contributed by atoms with van der Waals surface area (Å²) in [6.45, 7) is 15.4. The summed E-state index contributed by atoms with van der Waals surface area (Å²) in [5.41, 5.74) is 4.66. The third kappa shape index (κ3) is 3.82. The van der Waals surface area contributed by atoms with Crippen LogP contribution in [-0.2, 0) is 14.4 Å². The van der Waals surface area contributed by atoms with Crippen molar-refractivity contribution in [2.75, 3.05) is 0 Å². The number of hydrogen-bond donors (Lipinski definition) is 3. The van der Waals surface area contributed by atoms with Crippen LogP contribution >= 0.6 is 0 Å². The lowest BCUT2D eigenvalue weighted by Crippen LogP contribution is -2.67. The minimum absolute atomic E-state index is 0.0000631. The van der Waals surface area contributed by atoms with Gasteiger partial charge in [0.2, 0.25) is 11.8 Å². The van der Waals surface area contributed by atoms with Crippen LogP contribution in [0.25, 0.3) is 0 Å². The second-order valence-corrected chi connectivity index (χ2v) is 16.8. The first-order valence-electron chi connectivity index (χ1n) is 16.1. The molecule has 0 heterocycles. The van der Waals surface area contributed by atoms with Crippen molar-refractivity contribution in [1.29, 1.82) is 5.26 Å². The van der Waals surface area contributed by atoms with Gasteiger partial charge in [-0.1, -0.05) is 60.1 Å². The molecule has 228 valence electrons. The molecular formula is C35H49N3O4. The van der Waals surface area contributed by atoms with Crippen molar-refractivity contribution in [3.05, 3.63) is 23.3 Å². The summed E-state index contributed by atoms with van der Waals surface area (Å²) in [6, 6.07) is 2.27. The van der Waals surface area contributed by atoms with Crippen molar-refractivity contribution in [3.8, 4) is 6.07 Å². The van der Waals surface area contributed by atoms with Crippen LogP contribution in [0.5, 0.6) is 0 Å².